The number of anilines is 2. The smallest absolute Gasteiger partial charge is 0.245 e. The van der Waals surface area contributed by atoms with Crippen LogP contribution >= 0.6 is 0 Å². The molecule has 184 valence electrons. The minimum atomic E-state index is -2.30. The Bertz CT molecular complexity index is 1320. The Morgan fingerprint density at radius 2 is 1.97 bits per heavy atom. The van der Waals surface area contributed by atoms with Crippen LogP contribution in [0.15, 0.2) is 55.0 Å². The maximum Gasteiger partial charge on any atom is 0.245 e. The average molecular weight is 496 g/mol. The van der Waals surface area contributed by atoms with Crippen molar-refractivity contribution in [2.45, 2.75) is 13.1 Å². The second-order valence-electron chi connectivity index (χ2n) is 8.37. The van der Waals surface area contributed by atoms with E-state index in [1.807, 2.05) is 51.8 Å². The molecule has 4 aromatic rings. The Morgan fingerprint density at radius 3 is 2.80 bits per heavy atom. The molecule has 1 saturated heterocycles. The van der Waals surface area contributed by atoms with Crippen molar-refractivity contribution in [2.75, 3.05) is 45.2 Å². The summed E-state index contributed by atoms with van der Waals surface area (Å²) >= 11 is -2.30. The van der Waals surface area contributed by atoms with E-state index in [4.69, 9.17) is 9.84 Å². The molecule has 0 saturated carbocycles. The van der Waals surface area contributed by atoms with Crippen LogP contribution in [-0.2, 0) is 29.1 Å². The lowest BCUT2D eigenvalue weighted by Crippen LogP contribution is -2.38. The summed E-state index contributed by atoms with van der Waals surface area (Å²) in [7, 11) is 1.54. The highest BCUT2D eigenvalue weighted by Crippen LogP contribution is 2.27. The van der Waals surface area contributed by atoms with Crippen molar-refractivity contribution in [1.82, 2.24) is 33.6 Å². The number of nitrogens with zero attached hydrogens (tertiary/aromatic N) is 7. The molecule has 1 N–H and O–H groups in total. The summed E-state index contributed by atoms with van der Waals surface area (Å²) in [6, 6.07) is 11.6. The lowest BCUT2D eigenvalue weighted by Gasteiger charge is -2.26. The topological polar surface area (TPSA) is 116 Å². The maximum absolute atomic E-state index is 11.3. The van der Waals surface area contributed by atoms with Crippen molar-refractivity contribution < 1.29 is 13.5 Å². The van der Waals surface area contributed by atoms with Gasteiger partial charge in [0.1, 0.15) is 0 Å². The third-order valence-electron chi connectivity index (χ3n) is 5.98. The second-order valence-corrected chi connectivity index (χ2v) is 9.43. The van der Waals surface area contributed by atoms with Crippen LogP contribution in [0.5, 0.6) is 0 Å². The molecule has 3 aromatic heterocycles. The first-order chi connectivity index (χ1) is 17.1. The first kappa shape index (κ1) is 23.6. The summed E-state index contributed by atoms with van der Waals surface area (Å²) in [6.45, 7) is 5.45. The van der Waals surface area contributed by atoms with E-state index in [0.29, 0.717) is 5.95 Å². The molecule has 12 heteroatoms. The Kier molecular flexibility index (Phi) is 7.16. The Morgan fingerprint density at radius 1 is 1.14 bits per heavy atom. The minimum Gasteiger partial charge on any atom is -0.760 e. The lowest BCUT2D eigenvalue weighted by atomic mass is 10.0. The fourth-order valence-electron chi connectivity index (χ4n) is 4.11. The normalized spacial score (nSPS) is 15.6. The van der Waals surface area contributed by atoms with Crippen molar-refractivity contribution in [3.8, 4) is 11.3 Å². The fraction of sp³-hybridized carbons (Fsp3) is 0.348. The number of rotatable bonds is 9. The van der Waals surface area contributed by atoms with Crippen LogP contribution in [0, 0.1) is 0 Å². The molecule has 0 bridgehead atoms. The van der Waals surface area contributed by atoms with Gasteiger partial charge < -0.3 is 14.6 Å². The molecule has 1 fully saturated rings. The molecule has 1 aliphatic rings. The van der Waals surface area contributed by atoms with Gasteiger partial charge in [-0.3, -0.25) is 13.8 Å². The highest BCUT2D eigenvalue weighted by molar-refractivity contribution is 7.76. The summed E-state index contributed by atoms with van der Waals surface area (Å²) < 4.78 is 33.0. The molecule has 11 nitrogen and oxygen atoms in total. The maximum atomic E-state index is 11.3. The summed E-state index contributed by atoms with van der Waals surface area (Å²) in [5.74, 6) is 0.443. The van der Waals surface area contributed by atoms with Gasteiger partial charge in [-0.2, -0.15) is 5.10 Å². The molecule has 0 amide bonds. The van der Waals surface area contributed by atoms with Crippen LogP contribution in [0.2, 0.25) is 0 Å². The number of ether oxygens (including phenoxy) is 1. The van der Waals surface area contributed by atoms with Gasteiger partial charge in [-0.15, -0.1) is 5.10 Å². The van der Waals surface area contributed by atoms with Crippen LogP contribution in [0.25, 0.3) is 16.8 Å². The Hall–Kier alpha value is -3.16. The number of morpholine rings is 1. The molecule has 5 rings (SSSR count). The van der Waals surface area contributed by atoms with Gasteiger partial charge >= 0.3 is 0 Å². The molecule has 1 unspecified atom stereocenters. The average Bonchev–Trinajstić information content (AvgIpc) is 3.50. The Balaban J connectivity index is 1.33. The first-order valence-electron chi connectivity index (χ1n) is 11.4. The molecule has 35 heavy (non-hydrogen) atoms. The van der Waals surface area contributed by atoms with Gasteiger partial charge in [-0.25, -0.2) is 13.8 Å². The van der Waals surface area contributed by atoms with Gasteiger partial charge in [-0.05, 0) is 24.7 Å². The summed E-state index contributed by atoms with van der Waals surface area (Å²) in [4.78, 5) is 6.81. The van der Waals surface area contributed by atoms with E-state index in [2.05, 4.69) is 20.3 Å². The quantitative estimate of drug-likeness (QED) is 0.350. The van der Waals surface area contributed by atoms with Crippen LogP contribution in [0.1, 0.15) is 5.56 Å². The third kappa shape index (κ3) is 5.57. The molecule has 4 heterocycles. The summed E-state index contributed by atoms with van der Waals surface area (Å²) in [5.41, 5.74) is 4.29. The summed E-state index contributed by atoms with van der Waals surface area (Å²) in [5, 5.41) is 12.4. The Labute approximate surface area is 205 Å². The minimum absolute atomic E-state index is 0.263. The van der Waals surface area contributed by atoms with Crippen molar-refractivity contribution in [3.63, 3.8) is 0 Å². The molecular formula is C23H27N8O3S-. The van der Waals surface area contributed by atoms with E-state index in [1.54, 1.807) is 19.4 Å². The number of hydrogen-bond donors (Lipinski definition) is 1. The largest absolute Gasteiger partial charge is 0.760 e. The van der Waals surface area contributed by atoms with Crippen molar-refractivity contribution in [3.05, 3.63) is 60.6 Å². The molecule has 1 aromatic carbocycles. The van der Waals surface area contributed by atoms with E-state index < -0.39 is 11.3 Å². The number of aromatic nitrogens is 5. The van der Waals surface area contributed by atoms with Crippen molar-refractivity contribution in [1.29, 1.82) is 0 Å². The third-order valence-corrected chi connectivity index (χ3v) is 6.62. The van der Waals surface area contributed by atoms with E-state index in [9.17, 15) is 8.76 Å². The van der Waals surface area contributed by atoms with E-state index in [-0.39, 0.29) is 6.54 Å². The van der Waals surface area contributed by atoms with Crippen LogP contribution in [0.3, 0.4) is 0 Å². The van der Waals surface area contributed by atoms with E-state index in [1.165, 1.54) is 4.31 Å². The predicted molar refractivity (Wildman–Crippen MR) is 132 cm³/mol. The van der Waals surface area contributed by atoms with Crippen LogP contribution in [-0.4, -0.2) is 82.2 Å². The molecule has 1 aliphatic heterocycles. The van der Waals surface area contributed by atoms with Gasteiger partial charge in [0, 0.05) is 49.2 Å². The zero-order chi connectivity index (χ0) is 24.2. The first-order valence-corrected chi connectivity index (χ1v) is 12.4. The zero-order valence-corrected chi connectivity index (χ0v) is 20.2. The monoisotopic (exact) mass is 495 g/mol. The highest BCUT2D eigenvalue weighted by Gasteiger charge is 2.14. The zero-order valence-electron chi connectivity index (χ0n) is 19.4. The van der Waals surface area contributed by atoms with Crippen molar-refractivity contribution in [2.24, 2.45) is 0 Å². The van der Waals surface area contributed by atoms with Gasteiger partial charge in [0.15, 0.2) is 0 Å². The van der Waals surface area contributed by atoms with Gasteiger partial charge in [0.25, 0.3) is 0 Å². The van der Waals surface area contributed by atoms with E-state index in [0.717, 1.165) is 67.4 Å². The molecule has 0 aliphatic carbocycles. The molecule has 0 radical (unpaired) electrons. The van der Waals surface area contributed by atoms with Gasteiger partial charge in [-0.1, -0.05) is 24.3 Å². The molecule has 1 atom stereocenters. The molecule has 0 spiro atoms. The number of benzene rings is 1. The predicted octanol–water partition coefficient (Wildman–Crippen LogP) is 1.89. The van der Waals surface area contributed by atoms with Crippen molar-refractivity contribution >= 4 is 28.4 Å². The number of hydrogen-bond acceptors (Lipinski definition) is 8. The van der Waals surface area contributed by atoms with Crippen LogP contribution < -0.4 is 5.32 Å². The number of fused-ring (bicyclic) bond motifs is 1. The highest BCUT2D eigenvalue weighted by atomic mass is 32.2. The van der Waals surface area contributed by atoms with E-state index >= 15 is 0 Å². The lowest BCUT2D eigenvalue weighted by molar-refractivity contribution is 0.0360. The molecular weight excluding hydrogens is 468 g/mol. The van der Waals surface area contributed by atoms with Crippen LogP contribution in [0.4, 0.5) is 11.6 Å². The number of nitrogens with one attached hydrogen (secondary N) is 1. The van der Waals surface area contributed by atoms with Gasteiger partial charge in [0.05, 0.1) is 49.1 Å². The van der Waals surface area contributed by atoms with Gasteiger partial charge in [0.2, 0.25) is 5.95 Å². The second kappa shape index (κ2) is 10.6. The fourth-order valence-corrected chi connectivity index (χ4v) is 4.36. The summed E-state index contributed by atoms with van der Waals surface area (Å²) in [6.07, 6.45) is 5.46. The standard InChI is InChI=1S/C23H28N8O3S/c1-28(35(32)33)16-18-4-2-3-5-21(18)22-7-6-20-15-24-23(27-31(20)22)26-19-14-25-30(17-19)9-8-29-10-12-34-13-11-29/h2-7,14-15,17H,8-13,16H2,1H3,(H,26,27)(H,32,33)/p-1. The SMILES string of the molecule is CN(Cc1ccccc1-c1ccc2cnc(Nc3cnn(CCN4CCOCC4)c3)nn12)S(=O)[O-].